The maximum Gasteiger partial charge on any atom is 0.250 e. The van der Waals surface area contributed by atoms with E-state index in [0.717, 1.165) is 26.8 Å². The third-order valence-corrected chi connectivity index (χ3v) is 9.94. The molecule has 0 amide bonds. The molecule has 0 unspecified atom stereocenters. The maximum atomic E-state index is 6.60. The van der Waals surface area contributed by atoms with E-state index in [2.05, 4.69) is 65.3 Å². The fourth-order valence-corrected chi connectivity index (χ4v) is 3.90. The van der Waals surface area contributed by atoms with E-state index in [0.29, 0.717) is 5.82 Å². The molecule has 0 aliphatic carbocycles. The van der Waals surface area contributed by atoms with Gasteiger partial charge < -0.3 is 4.43 Å². The molecule has 0 atom stereocenters. The van der Waals surface area contributed by atoms with Crippen LogP contribution in [0.1, 0.15) is 26.5 Å². The third-order valence-electron chi connectivity index (χ3n) is 4.99. The molecule has 0 bridgehead atoms. The lowest BCUT2D eigenvalue weighted by atomic mass is 10.2. The van der Waals surface area contributed by atoms with Gasteiger partial charge in [-0.15, -0.1) is 0 Å². The lowest BCUT2D eigenvalue weighted by Gasteiger charge is -2.36. The summed E-state index contributed by atoms with van der Waals surface area (Å²) in [5.74, 6) is 1.49. The average Bonchev–Trinajstić information content (AvgIpc) is 2.64. The van der Waals surface area contributed by atoms with Crippen LogP contribution in [0.3, 0.4) is 0 Å². The predicted octanol–water partition coefficient (Wildman–Crippen LogP) is 6.22. The van der Waals surface area contributed by atoms with Crippen molar-refractivity contribution in [3.05, 3.63) is 58.8 Å². The van der Waals surface area contributed by atoms with Crippen molar-refractivity contribution in [3.63, 3.8) is 0 Å². The Morgan fingerprint density at radius 2 is 1.86 bits per heavy atom. The molecule has 0 aliphatic heterocycles. The molecular formula is C21H25BrN4OSi. The summed E-state index contributed by atoms with van der Waals surface area (Å²) < 4.78 is 7.51. The SMILES string of the molecule is CC(C)(C)[Si](C)(C)Oc1c(Br)ccc2ccc(/C=N/Nc3ccccn3)nc12. The monoisotopic (exact) mass is 456 g/mol. The van der Waals surface area contributed by atoms with Crippen LogP contribution in [-0.4, -0.2) is 24.5 Å². The number of nitrogens with one attached hydrogen (secondary N) is 1. The van der Waals surface area contributed by atoms with Crippen LogP contribution >= 0.6 is 15.9 Å². The lowest BCUT2D eigenvalue weighted by molar-refractivity contribution is 0.493. The first-order valence-corrected chi connectivity index (χ1v) is 12.9. The Morgan fingerprint density at radius 1 is 1.11 bits per heavy atom. The number of fused-ring (bicyclic) bond motifs is 1. The zero-order valence-electron chi connectivity index (χ0n) is 16.8. The topological polar surface area (TPSA) is 59.4 Å². The van der Waals surface area contributed by atoms with E-state index in [1.54, 1.807) is 12.4 Å². The van der Waals surface area contributed by atoms with Crippen molar-refractivity contribution in [1.29, 1.82) is 0 Å². The fraction of sp³-hybridized carbons (Fsp3) is 0.286. The molecule has 0 saturated heterocycles. The maximum absolute atomic E-state index is 6.60. The van der Waals surface area contributed by atoms with Gasteiger partial charge in [-0.25, -0.2) is 9.97 Å². The van der Waals surface area contributed by atoms with Gasteiger partial charge in [0.15, 0.2) is 0 Å². The van der Waals surface area contributed by atoms with Gasteiger partial charge in [-0.3, -0.25) is 5.43 Å². The Hall–Kier alpha value is -2.25. The molecule has 0 saturated carbocycles. The molecule has 3 aromatic rings. The second-order valence-corrected chi connectivity index (χ2v) is 13.7. The van der Waals surface area contributed by atoms with E-state index in [1.807, 2.05) is 42.5 Å². The number of hydrogen-bond donors (Lipinski definition) is 1. The van der Waals surface area contributed by atoms with Gasteiger partial charge in [-0.2, -0.15) is 5.10 Å². The summed E-state index contributed by atoms with van der Waals surface area (Å²) in [6, 6.07) is 13.7. The van der Waals surface area contributed by atoms with Gasteiger partial charge >= 0.3 is 0 Å². The van der Waals surface area contributed by atoms with E-state index in [9.17, 15) is 0 Å². The Balaban J connectivity index is 1.94. The molecule has 0 spiro atoms. The molecule has 28 heavy (non-hydrogen) atoms. The number of hydrogen-bond acceptors (Lipinski definition) is 5. The molecule has 1 aromatic carbocycles. The van der Waals surface area contributed by atoms with Crippen LogP contribution in [0.15, 0.2) is 58.2 Å². The van der Waals surface area contributed by atoms with Crippen molar-refractivity contribution in [3.8, 4) is 5.75 Å². The molecule has 1 N–H and O–H groups in total. The normalized spacial score (nSPS) is 12.5. The van der Waals surface area contributed by atoms with Gasteiger partial charge in [-0.1, -0.05) is 39.0 Å². The Labute approximate surface area is 175 Å². The van der Waals surface area contributed by atoms with Gasteiger partial charge in [0.2, 0.25) is 0 Å². The van der Waals surface area contributed by atoms with E-state index >= 15 is 0 Å². The second-order valence-electron chi connectivity index (χ2n) is 8.13. The molecule has 2 aromatic heterocycles. The zero-order valence-corrected chi connectivity index (χ0v) is 19.4. The summed E-state index contributed by atoms with van der Waals surface area (Å²) in [5.41, 5.74) is 4.49. The number of pyridine rings is 2. The number of benzene rings is 1. The minimum Gasteiger partial charge on any atom is -0.541 e. The summed E-state index contributed by atoms with van der Waals surface area (Å²) in [7, 11) is -2.01. The van der Waals surface area contributed by atoms with Crippen LogP contribution in [0.2, 0.25) is 18.1 Å². The average molecular weight is 457 g/mol. The summed E-state index contributed by atoms with van der Waals surface area (Å²) in [6.07, 6.45) is 3.40. The first-order chi connectivity index (χ1) is 13.2. The first-order valence-electron chi connectivity index (χ1n) is 9.16. The minimum atomic E-state index is -2.01. The van der Waals surface area contributed by atoms with Crippen LogP contribution in [-0.2, 0) is 0 Å². The number of rotatable bonds is 5. The second kappa shape index (κ2) is 8.01. The van der Waals surface area contributed by atoms with Gasteiger partial charge in [0, 0.05) is 11.6 Å². The Bertz CT molecular complexity index is 1000. The predicted molar refractivity (Wildman–Crippen MR) is 123 cm³/mol. The smallest absolute Gasteiger partial charge is 0.250 e. The number of halogens is 1. The molecule has 0 aliphatic rings. The van der Waals surface area contributed by atoms with Crippen LogP contribution in [0, 0.1) is 0 Å². The van der Waals surface area contributed by atoms with Crippen LogP contribution in [0.4, 0.5) is 5.82 Å². The zero-order chi connectivity index (χ0) is 20.4. The molecule has 0 fully saturated rings. The molecule has 2 heterocycles. The number of anilines is 1. The van der Waals surface area contributed by atoms with E-state index < -0.39 is 8.32 Å². The summed E-state index contributed by atoms with van der Waals surface area (Å²) in [4.78, 5) is 8.97. The molecule has 7 heteroatoms. The Morgan fingerprint density at radius 3 is 2.54 bits per heavy atom. The van der Waals surface area contributed by atoms with Crippen molar-refractivity contribution >= 4 is 47.2 Å². The summed E-state index contributed by atoms with van der Waals surface area (Å²) in [5, 5.41) is 5.37. The minimum absolute atomic E-state index is 0.0975. The highest BCUT2D eigenvalue weighted by molar-refractivity contribution is 9.10. The van der Waals surface area contributed by atoms with Crippen molar-refractivity contribution in [2.75, 3.05) is 5.43 Å². The number of nitrogens with zero attached hydrogens (tertiary/aromatic N) is 3. The molecule has 5 nitrogen and oxygen atoms in total. The van der Waals surface area contributed by atoms with Gasteiger partial charge in [0.1, 0.15) is 17.1 Å². The fourth-order valence-electron chi connectivity index (χ4n) is 2.32. The number of aromatic nitrogens is 2. The standard InChI is InChI=1S/C21H25BrN4OSi/c1-21(2,3)28(4,5)27-20-17(22)12-10-15-9-11-16(25-19(15)20)14-24-26-18-8-6-7-13-23-18/h6-14H,1-5H3,(H,23,26)/b24-14+. The summed E-state index contributed by atoms with van der Waals surface area (Å²) in [6.45, 7) is 11.2. The van der Waals surface area contributed by atoms with Crippen LogP contribution in [0.25, 0.3) is 10.9 Å². The molecule has 0 radical (unpaired) electrons. The number of hydrazone groups is 1. The third kappa shape index (κ3) is 4.59. The largest absolute Gasteiger partial charge is 0.541 e. The highest BCUT2D eigenvalue weighted by atomic mass is 79.9. The van der Waals surface area contributed by atoms with Crippen LogP contribution < -0.4 is 9.85 Å². The highest BCUT2D eigenvalue weighted by Crippen LogP contribution is 2.41. The van der Waals surface area contributed by atoms with Gasteiger partial charge in [0.25, 0.3) is 8.32 Å². The molecular weight excluding hydrogens is 432 g/mol. The first kappa shape index (κ1) is 20.5. The Kier molecular flexibility index (Phi) is 5.86. The molecule has 3 rings (SSSR count). The highest BCUT2D eigenvalue weighted by Gasteiger charge is 2.39. The van der Waals surface area contributed by atoms with Crippen molar-refractivity contribution < 1.29 is 4.43 Å². The van der Waals surface area contributed by atoms with Crippen molar-refractivity contribution in [2.24, 2.45) is 5.10 Å². The van der Waals surface area contributed by atoms with Crippen molar-refractivity contribution in [2.45, 2.75) is 38.9 Å². The van der Waals surface area contributed by atoms with Crippen molar-refractivity contribution in [1.82, 2.24) is 9.97 Å². The van der Waals surface area contributed by atoms with E-state index in [-0.39, 0.29) is 5.04 Å². The quantitative estimate of drug-likeness (QED) is 0.281. The van der Waals surface area contributed by atoms with Gasteiger partial charge in [0.05, 0.1) is 16.4 Å². The van der Waals surface area contributed by atoms with E-state index in [4.69, 9.17) is 9.41 Å². The van der Waals surface area contributed by atoms with Gasteiger partial charge in [-0.05, 0) is 58.3 Å². The summed E-state index contributed by atoms with van der Waals surface area (Å²) >= 11 is 3.65. The lowest BCUT2D eigenvalue weighted by Crippen LogP contribution is -2.44. The molecule has 146 valence electrons. The van der Waals surface area contributed by atoms with Crippen LogP contribution in [0.5, 0.6) is 5.75 Å². The van der Waals surface area contributed by atoms with E-state index in [1.165, 1.54) is 0 Å².